The zero-order valence-electron chi connectivity index (χ0n) is 10.5. The summed E-state index contributed by atoms with van der Waals surface area (Å²) in [6.45, 7) is 11.9. The topological polar surface area (TPSA) is 0 Å². The van der Waals surface area contributed by atoms with Crippen LogP contribution in [0, 0.1) is 28.6 Å². The molecule has 3 saturated carbocycles. The second kappa shape index (κ2) is 2.70. The fourth-order valence-electron chi connectivity index (χ4n) is 5.05. The summed E-state index contributed by atoms with van der Waals surface area (Å²) in [6, 6.07) is 0. The van der Waals surface area contributed by atoms with E-state index in [1.54, 1.807) is 5.57 Å². The first-order chi connectivity index (χ1) is 6.98. The first-order valence-electron chi connectivity index (χ1n) is 6.68. The van der Waals surface area contributed by atoms with E-state index < -0.39 is 0 Å². The summed E-state index contributed by atoms with van der Waals surface area (Å²) < 4.78 is 0. The number of hydrogen-bond donors (Lipinski definition) is 0. The average Bonchev–Trinajstić information content (AvgIpc) is 2.72. The van der Waals surface area contributed by atoms with Crippen molar-refractivity contribution in [3.05, 3.63) is 12.2 Å². The third kappa shape index (κ3) is 0.990. The van der Waals surface area contributed by atoms with Gasteiger partial charge in [-0.15, -0.1) is 0 Å². The molecule has 3 rings (SSSR count). The molecule has 0 aromatic heterocycles. The lowest BCUT2D eigenvalue weighted by Gasteiger charge is -2.48. The van der Waals surface area contributed by atoms with Crippen molar-refractivity contribution in [2.45, 2.75) is 52.9 Å². The van der Waals surface area contributed by atoms with E-state index in [-0.39, 0.29) is 0 Å². The first-order valence-corrected chi connectivity index (χ1v) is 6.68. The third-order valence-electron chi connectivity index (χ3n) is 6.42. The molecule has 2 bridgehead atoms. The Hall–Kier alpha value is -0.260. The van der Waals surface area contributed by atoms with E-state index in [0.717, 1.165) is 17.8 Å². The summed E-state index contributed by atoms with van der Waals surface area (Å²) >= 11 is 0. The fraction of sp³-hybridized carbons (Fsp3) is 0.867. The summed E-state index contributed by atoms with van der Waals surface area (Å²) in [7, 11) is 0. The predicted molar refractivity (Wildman–Crippen MR) is 64.6 cm³/mol. The van der Waals surface area contributed by atoms with Crippen molar-refractivity contribution in [2.75, 3.05) is 0 Å². The monoisotopic (exact) mass is 204 g/mol. The number of fused-ring (bicyclic) bond motifs is 1. The highest BCUT2D eigenvalue weighted by molar-refractivity contribution is 5.26. The van der Waals surface area contributed by atoms with Crippen molar-refractivity contribution >= 4 is 0 Å². The molecule has 0 N–H and O–H groups in total. The van der Waals surface area contributed by atoms with Crippen molar-refractivity contribution in [3.63, 3.8) is 0 Å². The molecule has 0 aromatic carbocycles. The maximum Gasteiger partial charge on any atom is -0.0116 e. The van der Waals surface area contributed by atoms with E-state index in [4.69, 9.17) is 0 Å². The second-order valence-corrected chi connectivity index (χ2v) is 6.95. The Bertz CT molecular complexity index is 312. The molecule has 0 radical (unpaired) electrons. The van der Waals surface area contributed by atoms with Crippen molar-refractivity contribution in [2.24, 2.45) is 28.6 Å². The highest BCUT2D eigenvalue weighted by Gasteiger charge is 2.60. The molecule has 4 atom stereocenters. The van der Waals surface area contributed by atoms with Crippen molar-refractivity contribution in [1.82, 2.24) is 0 Å². The lowest BCUT2D eigenvalue weighted by Crippen LogP contribution is -2.40. The van der Waals surface area contributed by atoms with E-state index in [0.29, 0.717) is 10.8 Å². The number of allylic oxidation sites excluding steroid dienone is 1. The van der Waals surface area contributed by atoms with Gasteiger partial charge < -0.3 is 0 Å². The zero-order valence-corrected chi connectivity index (χ0v) is 10.5. The van der Waals surface area contributed by atoms with Crippen LogP contribution >= 0.6 is 0 Å². The highest BCUT2D eigenvalue weighted by atomic mass is 14.6. The smallest absolute Gasteiger partial charge is 0.0116 e. The van der Waals surface area contributed by atoms with Gasteiger partial charge in [0.2, 0.25) is 0 Å². The Morgan fingerprint density at radius 1 is 1.20 bits per heavy atom. The molecule has 0 amide bonds. The first kappa shape index (κ1) is 9.93. The Kier molecular flexibility index (Phi) is 1.79. The van der Waals surface area contributed by atoms with E-state index >= 15 is 0 Å². The van der Waals surface area contributed by atoms with Crippen LogP contribution in [0.4, 0.5) is 0 Å². The normalized spacial score (nSPS) is 51.9. The Morgan fingerprint density at radius 2 is 1.93 bits per heavy atom. The molecular weight excluding hydrogens is 180 g/mol. The third-order valence-corrected chi connectivity index (χ3v) is 6.42. The minimum absolute atomic E-state index is 0.425. The van der Waals surface area contributed by atoms with Gasteiger partial charge in [0, 0.05) is 0 Å². The molecule has 0 heterocycles. The molecule has 0 aromatic rings. The van der Waals surface area contributed by atoms with Crippen molar-refractivity contribution < 1.29 is 0 Å². The summed E-state index contributed by atoms with van der Waals surface area (Å²) in [5, 5.41) is 0. The summed E-state index contributed by atoms with van der Waals surface area (Å²) in [5.41, 5.74) is 2.71. The number of rotatable bonds is 0. The summed E-state index contributed by atoms with van der Waals surface area (Å²) in [5.74, 6) is 2.75. The van der Waals surface area contributed by atoms with Gasteiger partial charge >= 0.3 is 0 Å². The Morgan fingerprint density at radius 3 is 2.67 bits per heavy atom. The van der Waals surface area contributed by atoms with Crippen LogP contribution in [0.2, 0.25) is 0 Å². The highest BCUT2D eigenvalue weighted by Crippen LogP contribution is 2.69. The van der Waals surface area contributed by atoms with Crippen LogP contribution in [0.1, 0.15) is 52.9 Å². The molecule has 3 fully saturated rings. The number of hydrogen-bond acceptors (Lipinski definition) is 0. The van der Waals surface area contributed by atoms with Gasteiger partial charge in [0.25, 0.3) is 0 Å². The maximum absolute atomic E-state index is 4.48. The van der Waals surface area contributed by atoms with Crippen molar-refractivity contribution in [3.8, 4) is 0 Å². The van der Waals surface area contributed by atoms with Gasteiger partial charge in [-0.1, -0.05) is 32.9 Å². The van der Waals surface area contributed by atoms with Crippen LogP contribution in [0.25, 0.3) is 0 Å². The lowest BCUT2D eigenvalue weighted by atomic mass is 9.56. The van der Waals surface area contributed by atoms with Crippen LogP contribution in [0.5, 0.6) is 0 Å². The van der Waals surface area contributed by atoms with Crippen LogP contribution in [0.15, 0.2) is 12.2 Å². The summed E-state index contributed by atoms with van der Waals surface area (Å²) in [6.07, 6.45) is 7.34. The molecule has 3 aliphatic carbocycles. The average molecular weight is 204 g/mol. The van der Waals surface area contributed by atoms with E-state index in [1.165, 1.54) is 32.1 Å². The second-order valence-electron chi connectivity index (χ2n) is 6.95. The summed E-state index contributed by atoms with van der Waals surface area (Å²) in [4.78, 5) is 0. The van der Waals surface area contributed by atoms with Gasteiger partial charge in [-0.25, -0.2) is 0 Å². The molecule has 0 saturated heterocycles. The molecule has 0 aliphatic heterocycles. The molecule has 0 heteroatoms. The lowest BCUT2D eigenvalue weighted by molar-refractivity contribution is 0.0881. The molecular formula is C15H24. The van der Waals surface area contributed by atoms with Crippen LogP contribution in [-0.2, 0) is 0 Å². The van der Waals surface area contributed by atoms with Gasteiger partial charge in [-0.2, -0.15) is 0 Å². The molecule has 84 valence electrons. The maximum atomic E-state index is 4.48. The quantitative estimate of drug-likeness (QED) is 0.513. The molecule has 0 unspecified atom stereocenters. The van der Waals surface area contributed by atoms with E-state index in [2.05, 4.69) is 27.4 Å². The molecule has 15 heavy (non-hydrogen) atoms. The van der Waals surface area contributed by atoms with Gasteiger partial charge in [-0.3, -0.25) is 0 Å². The van der Waals surface area contributed by atoms with Gasteiger partial charge in [0.1, 0.15) is 0 Å². The van der Waals surface area contributed by atoms with E-state index in [9.17, 15) is 0 Å². The molecule has 0 nitrogen and oxygen atoms in total. The minimum atomic E-state index is 0.425. The van der Waals surface area contributed by atoms with E-state index in [1.807, 2.05) is 0 Å². The van der Waals surface area contributed by atoms with Gasteiger partial charge in [0.15, 0.2) is 0 Å². The van der Waals surface area contributed by atoms with Gasteiger partial charge in [0.05, 0.1) is 0 Å². The largest absolute Gasteiger partial charge is 0.0990 e. The van der Waals surface area contributed by atoms with Crippen LogP contribution < -0.4 is 0 Å². The van der Waals surface area contributed by atoms with Crippen LogP contribution in [0.3, 0.4) is 0 Å². The SMILES string of the molecule is C=C1[C@H]2CC[C@H](C)[C@]23CC[C@H](C3)C1(C)C. The molecule has 3 aliphatic rings. The Labute approximate surface area is 94.1 Å². The van der Waals surface area contributed by atoms with Crippen molar-refractivity contribution in [1.29, 1.82) is 0 Å². The van der Waals surface area contributed by atoms with Crippen LogP contribution in [-0.4, -0.2) is 0 Å². The standard InChI is InChI=1S/C15H24/c1-10-5-6-13-11(2)14(3,4)12-7-8-15(10,13)9-12/h10,12-13H,2,5-9H2,1,3-4H3/t10-,12+,13+,15+/m0/s1. The molecule has 1 spiro atoms. The fourth-order valence-corrected chi connectivity index (χ4v) is 5.05. The van der Waals surface area contributed by atoms with Gasteiger partial charge in [-0.05, 0) is 60.7 Å². The predicted octanol–water partition coefficient (Wildman–Crippen LogP) is 4.42. The zero-order chi connectivity index (χ0) is 10.8. The minimum Gasteiger partial charge on any atom is -0.0990 e. The Balaban J connectivity index is 2.07.